The minimum absolute atomic E-state index is 0.0114. The fraction of sp³-hybridized carbons (Fsp3) is 0.0244. The topological polar surface area (TPSA) is 113 Å². The number of aryl methyl sites for hydroxylation is 1. The summed E-state index contributed by atoms with van der Waals surface area (Å²) < 4.78 is 53.1. The number of aromatic hydroxyl groups is 3. The Morgan fingerprint density at radius 2 is 1.10 bits per heavy atom. The molecule has 51 heavy (non-hydrogen) atoms. The third-order valence-electron chi connectivity index (χ3n) is 7.79. The Morgan fingerprint density at radius 1 is 0.549 bits per heavy atom. The Kier molecular flexibility index (Phi) is 9.59. The van der Waals surface area contributed by atoms with Gasteiger partial charge in [0.1, 0.15) is 57.3 Å². The molecule has 0 aromatic heterocycles. The molecule has 7 nitrogen and oxygen atoms in total. The Labute approximate surface area is 289 Å². The first-order valence-corrected chi connectivity index (χ1v) is 15.4. The van der Waals surface area contributed by atoms with Crippen LogP contribution in [0, 0.1) is 24.4 Å². The number of hydrogen-bond acceptors (Lipinski definition) is 7. The molecule has 0 bridgehead atoms. The van der Waals surface area contributed by atoms with Gasteiger partial charge in [0.25, 0.3) is 0 Å². The molecule has 0 saturated heterocycles. The quantitative estimate of drug-likeness (QED) is 0.0830. The molecule has 0 aliphatic heterocycles. The highest BCUT2D eigenvalue weighted by molar-refractivity contribution is 5.96. The van der Waals surface area contributed by atoms with Gasteiger partial charge in [-0.2, -0.15) is 0 Å². The van der Waals surface area contributed by atoms with Gasteiger partial charge in [0.05, 0.1) is 0 Å². The number of carbonyl (C=O) groups excluding carboxylic acids is 2. The lowest BCUT2D eigenvalue weighted by molar-refractivity contribution is 0.0721. The van der Waals surface area contributed by atoms with E-state index in [1.165, 1.54) is 78.9 Å². The third-order valence-corrected chi connectivity index (χ3v) is 7.79. The van der Waals surface area contributed by atoms with E-state index in [1.54, 1.807) is 43.3 Å². The molecule has 0 unspecified atom stereocenters. The summed E-state index contributed by atoms with van der Waals surface area (Å²) in [5.41, 5.74) is 2.33. The second-order valence-corrected chi connectivity index (χ2v) is 11.5. The van der Waals surface area contributed by atoms with Crippen LogP contribution in [0.5, 0.6) is 28.7 Å². The molecule has 254 valence electrons. The molecule has 0 spiro atoms. The summed E-state index contributed by atoms with van der Waals surface area (Å²) >= 11 is 0. The van der Waals surface area contributed by atoms with E-state index in [0.717, 1.165) is 17.7 Å². The van der Waals surface area contributed by atoms with Gasteiger partial charge < -0.3 is 24.8 Å². The summed E-state index contributed by atoms with van der Waals surface area (Å²) in [6.45, 7) is 1.75. The Balaban J connectivity index is 1.13. The van der Waals surface area contributed by atoms with Crippen LogP contribution in [0.1, 0.15) is 37.4 Å². The smallest absolute Gasteiger partial charge is 0.347 e. The maximum atomic E-state index is 14.6. The zero-order valence-electron chi connectivity index (χ0n) is 26.7. The summed E-state index contributed by atoms with van der Waals surface area (Å²) in [5, 5.41) is 30.9. The van der Waals surface area contributed by atoms with Crippen molar-refractivity contribution in [3.63, 3.8) is 0 Å². The second-order valence-electron chi connectivity index (χ2n) is 11.5. The highest BCUT2D eigenvalue weighted by Gasteiger charge is 2.19. The normalized spacial score (nSPS) is 11.1. The molecule has 0 fully saturated rings. The van der Waals surface area contributed by atoms with Crippen molar-refractivity contribution in [2.45, 2.75) is 6.92 Å². The number of ether oxygens (including phenoxy) is 2. The summed E-state index contributed by atoms with van der Waals surface area (Å²) in [6, 6.07) is 26.1. The van der Waals surface area contributed by atoms with Crippen molar-refractivity contribution in [2.75, 3.05) is 0 Å². The lowest BCUT2D eigenvalue weighted by atomic mass is 10.0. The molecule has 0 aliphatic rings. The number of hydrogen-bond donors (Lipinski definition) is 3. The third kappa shape index (κ3) is 7.92. The van der Waals surface area contributed by atoms with Gasteiger partial charge in [-0.25, -0.2) is 22.8 Å². The van der Waals surface area contributed by atoms with Crippen molar-refractivity contribution in [2.24, 2.45) is 0 Å². The van der Waals surface area contributed by atoms with Crippen LogP contribution in [0.3, 0.4) is 0 Å². The Morgan fingerprint density at radius 3 is 1.69 bits per heavy atom. The van der Waals surface area contributed by atoms with E-state index in [2.05, 4.69) is 0 Å². The van der Waals surface area contributed by atoms with E-state index < -0.39 is 29.4 Å². The largest absolute Gasteiger partial charge is 0.508 e. The first-order valence-electron chi connectivity index (χ1n) is 15.4. The van der Waals surface area contributed by atoms with Crippen LogP contribution in [0.2, 0.25) is 0 Å². The molecule has 0 atom stereocenters. The van der Waals surface area contributed by atoms with Crippen molar-refractivity contribution in [3.8, 4) is 51.0 Å². The zero-order valence-corrected chi connectivity index (χ0v) is 26.7. The van der Waals surface area contributed by atoms with E-state index in [-0.39, 0.29) is 56.6 Å². The van der Waals surface area contributed by atoms with Crippen LogP contribution < -0.4 is 9.47 Å². The van der Waals surface area contributed by atoms with Gasteiger partial charge in [-0.15, -0.1) is 0 Å². The molecule has 0 amide bonds. The van der Waals surface area contributed by atoms with Crippen LogP contribution >= 0.6 is 0 Å². The Hall–Kier alpha value is -6.81. The van der Waals surface area contributed by atoms with Crippen molar-refractivity contribution in [1.29, 1.82) is 0 Å². The molecular formula is C41H27F3O7. The van der Waals surface area contributed by atoms with Crippen molar-refractivity contribution in [3.05, 3.63) is 161 Å². The summed E-state index contributed by atoms with van der Waals surface area (Å²) in [6.07, 6.45) is 3.32. The van der Waals surface area contributed by atoms with E-state index in [0.29, 0.717) is 16.7 Å². The average Bonchev–Trinajstić information content (AvgIpc) is 3.08. The van der Waals surface area contributed by atoms with Gasteiger partial charge >= 0.3 is 11.9 Å². The van der Waals surface area contributed by atoms with E-state index in [4.69, 9.17) is 9.47 Å². The van der Waals surface area contributed by atoms with Gasteiger partial charge in [0.2, 0.25) is 0 Å². The van der Waals surface area contributed by atoms with Crippen LogP contribution in [-0.4, -0.2) is 27.3 Å². The van der Waals surface area contributed by atoms with E-state index in [9.17, 15) is 38.1 Å². The number of phenolic OH excluding ortho intramolecular Hbond substituents is 3. The number of halogens is 3. The second kappa shape index (κ2) is 14.4. The van der Waals surface area contributed by atoms with Crippen LogP contribution in [0.25, 0.3) is 34.4 Å². The van der Waals surface area contributed by atoms with Gasteiger partial charge in [0, 0.05) is 23.3 Å². The van der Waals surface area contributed by atoms with Gasteiger partial charge in [0.15, 0.2) is 0 Å². The summed E-state index contributed by atoms with van der Waals surface area (Å²) in [4.78, 5) is 25.9. The number of carbonyl (C=O) groups is 2. The summed E-state index contributed by atoms with van der Waals surface area (Å²) in [5.74, 6) is -4.69. The fourth-order valence-electron chi connectivity index (χ4n) is 5.24. The van der Waals surface area contributed by atoms with Crippen molar-refractivity contribution < 1.29 is 47.6 Å². The minimum Gasteiger partial charge on any atom is -0.508 e. The number of esters is 2. The zero-order chi connectivity index (χ0) is 36.2. The standard InChI is InChI=1S/C41H27F3O7/c1-23-2-12-32(36(43)16-23)26-7-14-39(47)35(19-26)41(49)51-31-18-25(17-29(45)22-31)4-3-24-5-10-30(11-6-24)50-40(48)34-20-27(8-15-38(34)46)33-13-9-28(42)21-37(33)44/h2-22,45-47H,1H3/b4-3+. The van der Waals surface area contributed by atoms with E-state index >= 15 is 0 Å². The van der Waals surface area contributed by atoms with Gasteiger partial charge in [-0.1, -0.05) is 48.6 Å². The monoisotopic (exact) mass is 688 g/mol. The molecule has 0 saturated carbocycles. The van der Waals surface area contributed by atoms with Crippen LogP contribution in [0.15, 0.2) is 115 Å². The van der Waals surface area contributed by atoms with Crippen molar-refractivity contribution >= 4 is 24.1 Å². The molecule has 6 rings (SSSR count). The predicted octanol–water partition coefficient (Wildman–Crippen LogP) is 9.47. The first-order chi connectivity index (χ1) is 24.4. The Bertz CT molecular complexity index is 2330. The van der Waals surface area contributed by atoms with Crippen molar-refractivity contribution in [1.82, 2.24) is 0 Å². The first kappa shape index (κ1) is 34.1. The molecule has 0 heterocycles. The predicted molar refractivity (Wildman–Crippen MR) is 185 cm³/mol. The number of phenols is 3. The van der Waals surface area contributed by atoms with Crippen LogP contribution in [0.4, 0.5) is 13.2 Å². The summed E-state index contributed by atoms with van der Waals surface area (Å²) in [7, 11) is 0. The molecule has 0 radical (unpaired) electrons. The van der Waals surface area contributed by atoms with Gasteiger partial charge in [-0.3, -0.25) is 0 Å². The molecular weight excluding hydrogens is 661 g/mol. The molecule has 0 aliphatic carbocycles. The molecule has 3 N–H and O–H groups in total. The highest BCUT2D eigenvalue weighted by atomic mass is 19.1. The number of rotatable bonds is 8. The van der Waals surface area contributed by atoms with Crippen LogP contribution in [-0.2, 0) is 0 Å². The fourth-order valence-corrected chi connectivity index (χ4v) is 5.24. The maximum Gasteiger partial charge on any atom is 0.347 e. The maximum absolute atomic E-state index is 14.6. The SMILES string of the molecule is Cc1ccc(-c2ccc(O)c(C(=O)Oc3cc(O)cc(/C=C/c4ccc(OC(=O)c5cc(-c6ccc(F)cc6F)ccc5O)cc4)c3)c2)c(F)c1. The lowest BCUT2D eigenvalue weighted by Crippen LogP contribution is -2.09. The molecule has 6 aromatic carbocycles. The minimum atomic E-state index is -0.921. The highest BCUT2D eigenvalue weighted by Crippen LogP contribution is 2.32. The molecule has 6 aromatic rings. The van der Waals surface area contributed by atoms with E-state index in [1.807, 2.05) is 0 Å². The van der Waals surface area contributed by atoms with Gasteiger partial charge in [-0.05, 0) is 101 Å². The molecule has 10 heteroatoms. The number of benzene rings is 6. The lowest BCUT2D eigenvalue weighted by Gasteiger charge is -2.10. The average molecular weight is 689 g/mol.